The zero-order valence-corrected chi connectivity index (χ0v) is 17.5. The molecule has 7 heteroatoms. The predicted molar refractivity (Wildman–Crippen MR) is 116 cm³/mol. The zero-order valence-electron chi connectivity index (χ0n) is 17.5. The number of rotatable bonds is 5. The van der Waals surface area contributed by atoms with Gasteiger partial charge in [-0.05, 0) is 42.2 Å². The second-order valence-corrected chi connectivity index (χ2v) is 8.43. The number of hydrogen-bond donors (Lipinski definition) is 1. The van der Waals surface area contributed by atoms with Crippen LogP contribution >= 0.6 is 0 Å². The molecule has 3 heterocycles. The van der Waals surface area contributed by atoms with E-state index in [2.05, 4.69) is 16.3 Å². The van der Waals surface area contributed by atoms with Crippen molar-refractivity contribution in [2.45, 2.75) is 25.8 Å². The molecular formula is C24H27N3O4. The zero-order chi connectivity index (χ0) is 21.2. The molecular weight excluding hydrogens is 394 g/mol. The molecule has 0 radical (unpaired) electrons. The molecule has 0 aromatic heterocycles. The van der Waals surface area contributed by atoms with E-state index in [1.54, 1.807) is 0 Å². The molecule has 31 heavy (non-hydrogen) atoms. The van der Waals surface area contributed by atoms with E-state index in [1.165, 1.54) is 5.56 Å². The number of para-hydroxylation sites is 1. The molecule has 0 bridgehead atoms. The topological polar surface area (TPSA) is 71.1 Å². The van der Waals surface area contributed by atoms with Crippen LogP contribution in [0.15, 0.2) is 42.5 Å². The summed E-state index contributed by atoms with van der Waals surface area (Å²) in [6.45, 7) is 4.26. The number of anilines is 1. The van der Waals surface area contributed by atoms with Gasteiger partial charge in [0.15, 0.2) is 11.5 Å². The number of carbonyl (C=O) groups is 2. The van der Waals surface area contributed by atoms with Gasteiger partial charge in [-0.15, -0.1) is 0 Å². The maximum Gasteiger partial charge on any atom is 0.231 e. The molecule has 2 aromatic carbocycles. The molecule has 162 valence electrons. The Morgan fingerprint density at radius 3 is 2.71 bits per heavy atom. The highest BCUT2D eigenvalue weighted by molar-refractivity contribution is 5.96. The van der Waals surface area contributed by atoms with E-state index in [0.29, 0.717) is 19.3 Å². The molecule has 2 amide bonds. The molecule has 2 aromatic rings. The van der Waals surface area contributed by atoms with Gasteiger partial charge < -0.3 is 19.7 Å². The van der Waals surface area contributed by atoms with Crippen LogP contribution in [0.3, 0.4) is 0 Å². The molecule has 0 saturated carbocycles. The molecule has 1 fully saturated rings. The van der Waals surface area contributed by atoms with Crippen molar-refractivity contribution in [2.75, 3.05) is 38.3 Å². The minimum absolute atomic E-state index is 0.0278. The van der Waals surface area contributed by atoms with Crippen LogP contribution in [0.25, 0.3) is 0 Å². The first-order chi connectivity index (χ1) is 15.2. The SMILES string of the molecule is O=C1Nc2ccccc2CC1CCC(=O)N1CCN(Cc2ccc3c(c2)OCO3)CC1. The smallest absolute Gasteiger partial charge is 0.231 e. The van der Waals surface area contributed by atoms with Crippen LogP contribution in [0.5, 0.6) is 11.5 Å². The third kappa shape index (κ3) is 4.37. The lowest BCUT2D eigenvalue weighted by Crippen LogP contribution is -2.48. The Bertz CT molecular complexity index is 985. The van der Waals surface area contributed by atoms with Crippen molar-refractivity contribution in [3.05, 3.63) is 53.6 Å². The van der Waals surface area contributed by atoms with Gasteiger partial charge in [0.1, 0.15) is 0 Å². The first kappa shape index (κ1) is 19.9. The van der Waals surface area contributed by atoms with Crippen LogP contribution in [-0.2, 0) is 22.6 Å². The molecule has 1 unspecified atom stereocenters. The molecule has 0 aliphatic carbocycles. The van der Waals surface area contributed by atoms with E-state index in [0.717, 1.165) is 55.5 Å². The fourth-order valence-corrected chi connectivity index (χ4v) is 4.56. The molecule has 5 rings (SSSR count). The van der Waals surface area contributed by atoms with Crippen molar-refractivity contribution in [3.8, 4) is 11.5 Å². The minimum atomic E-state index is -0.133. The Balaban J connectivity index is 1.09. The van der Waals surface area contributed by atoms with Crippen molar-refractivity contribution in [1.29, 1.82) is 0 Å². The standard InChI is InChI=1S/C24H27N3O4/c28-23(8-6-19-14-18-3-1-2-4-20(18)25-24(19)29)27-11-9-26(10-12-27)15-17-5-7-21-22(13-17)31-16-30-21/h1-5,7,13,19H,6,8-12,14-16H2,(H,25,29). The fraction of sp³-hybridized carbons (Fsp3) is 0.417. The van der Waals surface area contributed by atoms with Crippen molar-refractivity contribution >= 4 is 17.5 Å². The largest absolute Gasteiger partial charge is 0.454 e. The summed E-state index contributed by atoms with van der Waals surface area (Å²) in [6.07, 6.45) is 1.72. The Morgan fingerprint density at radius 1 is 1.03 bits per heavy atom. The summed E-state index contributed by atoms with van der Waals surface area (Å²) in [4.78, 5) is 29.4. The second-order valence-electron chi connectivity index (χ2n) is 8.43. The number of nitrogens with one attached hydrogen (secondary N) is 1. The summed E-state index contributed by atoms with van der Waals surface area (Å²) in [5.41, 5.74) is 3.23. The van der Waals surface area contributed by atoms with Crippen molar-refractivity contribution in [2.24, 2.45) is 5.92 Å². The summed E-state index contributed by atoms with van der Waals surface area (Å²) < 4.78 is 10.8. The van der Waals surface area contributed by atoms with E-state index in [9.17, 15) is 9.59 Å². The van der Waals surface area contributed by atoms with Crippen molar-refractivity contribution < 1.29 is 19.1 Å². The Morgan fingerprint density at radius 2 is 1.84 bits per heavy atom. The quantitative estimate of drug-likeness (QED) is 0.804. The number of nitrogens with zero attached hydrogens (tertiary/aromatic N) is 2. The molecule has 3 aliphatic heterocycles. The summed E-state index contributed by atoms with van der Waals surface area (Å²) in [7, 11) is 0. The van der Waals surface area contributed by atoms with E-state index >= 15 is 0 Å². The maximum absolute atomic E-state index is 12.7. The summed E-state index contributed by atoms with van der Waals surface area (Å²) >= 11 is 0. The lowest BCUT2D eigenvalue weighted by atomic mass is 9.89. The lowest BCUT2D eigenvalue weighted by molar-refractivity contribution is -0.133. The van der Waals surface area contributed by atoms with E-state index < -0.39 is 0 Å². The summed E-state index contributed by atoms with van der Waals surface area (Å²) in [5.74, 6) is 1.65. The number of carbonyl (C=O) groups excluding carboxylic acids is 2. The van der Waals surface area contributed by atoms with Gasteiger partial charge in [-0.2, -0.15) is 0 Å². The van der Waals surface area contributed by atoms with Crippen LogP contribution < -0.4 is 14.8 Å². The number of ether oxygens (including phenoxy) is 2. The van der Waals surface area contributed by atoms with E-state index in [-0.39, 0.29) is 24.5 Å². The van der Waals surface area contributed by atoms with Gasteiger partial charge in [-0.1, -0.05) is 24.3 Å². The molecule has 1 saturated heterocycles. The summed E-state index contributed by atoms with van der Waals surface area (Å²) in [6, 6.07) is 13.9. The highest BCUT2D eigenvalue weighted by Crippen LogP contribution is 2.33. The van der Waals surface area contributed by atoms with E-state index in [4.69, 9.17) is 9.47 Å². The fourth-order valence-electron chi connectivity index (χ4n) is 4.56. The first-order valence-electron chi connectivity index (χ1n) is 10.9. The highest BCUT2D eigenvalue weighted by atomic mass is 16.7. The average molecular weight is 421 g/mol. The van der Waals surface area contributed by atoms with Gasteiger partial charge in [-0.3, -0.25) is 14.5 Å². The van der Waals surface area contributed by atoms with Gasteiger partial charge in [0.2, 0.25) is 18.6 Å². The minimum Gasteiger partial charge on any atom is -0.454 e. The van der Waals surface area contributed by atoms with Crippen LogP contribution in [0.2, 0.25) is 0 Å². The Kier molecular flexibility index (Phi) is 5.51. The molecule has 1 atom stereocenters. The number of benzene rings is 2. The van der Waals surface area contributed by atoms with Crippen LogP contribution in [0, 0.1) is 5.92 Å². The monoisotopic (exact) mass is 421 g/mol. The lowest BCUT2D eigenvalue weighted by Gasteiger charge is -2.35. The van der Waals surface area contributed by atoms with Crippen molar-refractivity contribution in [3.63, 3.8) is 0 Å². The Labute approximate surface area is 181 Å². The molecule has 3 aliphatic rings. The van der Waals surface area contributed by atoms with Gasteiger partial charge >= 0.3 is 0 Å². The predicted octanol–water partition coefficient (Wildman–Crippen LogP) is 2.65. The first-order valence-corrected chi connectivity index (χ1v) is 10.9. The summed E-state index contributed by atoms with van der Waals surface area (Å²) in [5, 5.41) is 2.97. The second kappa shape index (κ2) is 8.59. The van der Waals surface area contributed by atoms with Crippen molar-refractivity contribution in [1.82, 2.24) is 9.80 Å². The number of hydrogen-bond acceptors (Lipinski definition) is 5. The average Bonchev–Trinajstić information content (AvgIpc) is 3.26. The molecule has 7 nitrogen and oxygen atoms in total. The van der Waals surface area contributed by atoms with Gasteiger partial charge in [0, 0.05) is 50.7 Å². The highest BCUT2D eigenvalue weighted by Gasteiger charge is 2.28. The van der Waals surface area contributed by atoms with Crippen LogP contribution in [-0.4, -0.2) is 54.6 Å². The number of piperazine rings is 1. The maximum atomic E-state index is 12.7. The normalized spacial score (nSPS) is 20.3. The number of fused-ring (bicyclic) bond motifs is 2. The molecule has 0 spiro atoms. The van der Waals surface area contributed by atoms with Gasteiger partial charge in [0.25, 0.3) is 0 Å². The third-order valence-corrected chi connectivity index (χ3v) is 6.39. The molecule has 1 N–H and O–H groups in total. The van der Waals surface area contributed by atoms with Gasteiger partial charge in [0.05, 0.1) is 0 Å². The van der Waals surface area contributed by atoms with Crippen LogP contribution in [0.1, 0.15) is 24.0 Å². The number of amides is 2. The van der Waals surface area contributed by atoms with E-state index in [1.807, 2.05) is 41.3 Å². The van der Waals surface area contributed by atoms with Gasteiger partial charge in [-0.25, -0.2) is 0 Å². The van der Waals surface area contributed by atoms with Crippen LogP contribution in [0.4, 0.5) is 5.69 Å². The third-order valence-electron chi connectivity index (χ3n) is 6.39. The Hall–Kier alpha value is -3.06.